The molecule has 1 N–H and O–H groups in total. The van der Waals surface area contributed by atoms with Crippen molar-refractivity contribution in [3.8, 4) is 0 Å². The van der Waals surface area contributed by atoms with Crippen LogP contribution in [-0.4, -0.2) is 41.3 Å². The molecule has 134 valence electrons. The fraction of sp³-hybridized carbons (Fsp3) is 0.500. The van der Waals surface area contributed by atoms with E-state index in [2.05, 4.69) is 10.7 Å². The quantitative estimate of drug-likeness (QED) is 0.858. The number of aromatic nitrogens is 1. The van der Waals surface area contributed by atoms with Gasteiger partial charge in [0.05, 0.1) is 17.0 Å². The van der Waals surface area contributed by atoms with E-state index in [-0.39, 0.29) is 11.8 Å². The number of carbonyl (C=O) groups excluding carboxylic acids is 2. The van der Waals surface area contributed by atoms with Gasteiger partial charge >= 0.3 is 0 Å². The standard InChI is InChI=1S/C18H23N3O3S/c1-2-16(22)19-8-5-14-12-25-17(20-14)13-6-9-21(10-7-13)18(23)15-4-3-11-24-15/h3-4,11-13H,2,5-10H2,1H3,(H,19,22). The Balaban J connectivity index is 1.48. The van der Waals surface area contributed by atoms with Crippen molar-refractivity contribution in [2.75, 3.05) is 19.6 Å². The van der Waals surface area contributed by atoms with Gasteiger partial charge in [-0.3, -0.25) is 9.59 Å². The monoisotopic (exact) mass is 361 g/mol. The molecule has 1 aliphatic heterocycles. The topological polar surface area (TPSA) is 75.4 Å². The molecule has 2 aromatic rings. The Bertz CT molecular complexity index is 703. The summed E-state index contributed by atoms with van der Waals surface area (Å²) in [7, 11) is 0. The second kappa shape index (κ2) is 8.29. The third-order valence-electron chi connectivity index (χ3n) is 4.46. The molecule has 0 radical (unpaired) electrons. The average molecular weight is 361 g/mol. The highest BCUT2D eigenvalue weighted by Crippen LogP contribution is 2.30. The van der Waals surface area contributed by atoms with Crippen LogP contribution in [0.1, 0.15) is 53.4 Å². The number of furan rings is 1. The molecule has 3 rings (SSSR count). The number of nitrogens with zero attached hydrogens (tertiary/aromatic N) is 2. The van der Waals surface area contributed by atoms with Crippen molar-refractivity contribution in [2.45, 2.75) is 38.5 Å². The van der Waals surface area contributed by atoms with Crippen molar-refractivity contribution in [3.63, 3.8) is 0 Å². The molecule has 0 spiro atoms. The molecule has 2 amide bonds. The van der Waals surface area contributed by atoms with Gasteiger partial charge in [-0.25, -0.2) is 4.98 Å². The summed E-state index contributed by atoms with van der Waals surface area (Å²) in [6.45, 7) is 3.93. The molecule has 25 heavy (non-hydrogen) atoms. The van der Waals surface area contributed by atoms with Gasteiger partial charge in [-0.15, -0.1) is 11.3 Å². The van der Waals surface area contributed by atoms with E-state index in [1.54, 1.807) is 23.5 Å². The zero-order valence-electron chi connectivity index (χ0n) is 14.4. The molecule has 0 atom stereocenters. The van der Waals surface area contributed by atoms with Gasteiger partial charge in [-0.2, -0.15) is 0 Å². The van der Waals surface area contributed by atoms with Gasteiger partial charge in [0, 0.05) is 43.8 Å². The van der Waals surface area contributed by atoms with Gasteiger partial charge in [0.25, 0.3) is 5.91 Å². The number of carbonyl (C=O) groups is 2. The Kier molecular flexibility index (Phi) is 5.86. The molecule has 6 nitrogen and oxygen atoms in total. The summed E-state index contributed by atoms with van der Waals surface area (Å²) >= 11 is 1.68. The van der Waals surface area contributed by atoms with Crippen molar-refractivity contribution >= 4 is 23.2 Å². The molecule has 1 aliphatic rings. The van der Waals surface area contributed by atoms with Crippen LogP contribution in [0.15, 0.2) is 28.2 Å². The lowest BCUT2D eigenvalue weighted by molar-refractivity contribution is -0.120. The van der Waals surface area contributed by atoms with Crippen LogP contribution in [0.4, 0.5) is 0 Å². The van der Waals surface area contributed by atoms with Gasteiger partial charge < -0.3 is 14.6 Å². The lowest BCUT2D eigenvalue weighted by atomic mass is 9.97. The molecule has 2 aromatic heterocycles. The molecule has 1 saturated heterocycles. The summed E-state index contributed by atoms with van der Waals surface area (Å²) in [5.74, 6) is 0.854. The van der Waals surface area contributed by atoms with Gasteiger partial charge in [0.2, 0.25) is 5.91 Å². The Labute approximate surface area is 151 Å². The van der Waals surface area contributed by atoms with Crippen LogP contribution in [0.25, 0.3) is 0 Å². The van der Waals surface area contributed by atoms with E-state index in [1.807, 2.05) is 11.8 Å². The van der Waals surface area contributed by atoms with Gasteiger partial charge in [-0.1, -0.05) is 6.92 Å². The molecular weight excluding hydrogens is 338 g/mol. The van der Waals surface area contributed by atoms with Crippen molar-refractivity contribution in [1.82, 2.24) is 15.2 Å². The van der Waals surface area contributed by atoms with E-state index in [4.69, 9.17) is 9.40 Å². The normalized spacial score (nSPS) is 15.3. The van der Waals surface area contributed by atoms with E-state index in [9.17, 15) is 9.59 Å². The Morgan fingerprint density at radius 2 is 2.20 bits per heavy atom. The highest BCUT2D eigenvalue weighted by molar-refractivity contribution is 7.09. The number of likely N-dealkylation sites (tertiary alicyclic amines) is 1. The van der Waals surface area contributed by atoms with Crippen LogP contribution < -0.4 is 5.32 Å². The summed E-state index contributed by atoms with van der Waals surface area (Å²) in [6.07, 6.45) is 4.65. The highest BCUT2D eigenvalue weighted by Gasteiger charge is 2.27. The average Bonchev–Trinajstić information content (AvgIpc) is 3.33. The maximum atomic E-state index is 12.3. The molecular formula is C18H23N3O3S. The number of hydrogen-bond donors (Lipinski definition) is 1. The molecule has 0 unspecified atom stereocenters. The van der Waals surface area contributed by atoms with E-state index in [0.29, 0.717) is 24.6 Å². The number of hydrogen-bond acceptors (Lipinski definition) is 5. The Morgan fingerprint density at radius 3 is 2.88 bits per heavy atom. The minimum Gasteiger partial charge on any atom is -0.459 e. The van der Waals surface area contributed by atoms with Crippen LogP contribution in [-0.2, 0) is 11.2 Å². The number of nitrogens with one attached hydrogen (secondary N) is 1. The molecule has 0 bridgehead atoms. The Hall–Kier alpha value is -2.15. The van der Waals surface area contributed by atoms with Gasteiger partial charge in [0.15, 0.2) is 5.76 Å². The lowest BCUT2D eigenvalue weighted by Gasteiger charge is -2.30. The number of piperidine rings is 1. The van der Waals surface area contributed by atoms with Crippen LogP contribution in [0, 0.1) is 0 Å². The van der Waals surface area contributed by atoms with Crippen molar-refractivity contribution < 1.29 is 14.0 Å². The zero-order chi connectivity index (χ0) is 17.6. The third kappa shape index (κ3) is 4.48. The summed E-state index contributed by atoms with van der Waals surface area (Å²) in [5, 5.41) is 6.09. The molecule has 1 fully saturated rings. The summed E-state index contributed by atoms with van der Waals surface area (Å²) < 4.78 is 5.19. The minimum atomic E-state index is -0.0325. The molecule has 0 aliphatic carbocycles. The first-order valence-corrected chi connectivity index (χ1v) is 9.59. The smallest absolute Gasteiger partial charge is 0.289 e. The van der Waals surface area contributed by atoms with Crippen molar-refractivity contribution in [2.24, 2.45) is 0 Å². The maximum absolute atomic E-state index is 12.3. The number of amides is 2. The van der Waals surface area contributed by atoms with E-state index in [0.717, 1.165) is 43.1 Å². The second-order valence-electron chi connectivity index (χ2n) is 6.17. The zero-order valence-corrected chi connectivity index (χ0v) is 15.2. The molecule has 0 aromatic carbocycles. The van der Waals surface area contributed by atoms with E-state index < -0.39 is 0 Å². The van der Waals surface area contributed by atoms with Crippen molar-refractivity contribution in [3.05, 3.63) is 40.2 Å². The molecule has 3 heterocycles. The maximum Gasteiger partial charge on any atom is 0.289 e. The Morgan fingerprint density at radius 1 is 1.40 bits per heavy atom. The predicted molar refractivity (Wildman–Crippen MR) is 95.7 cm³/mol. The fourth-order valence-corrected chi connectivity index (χ4v) is 3.99. The highest BCUT2D eigenvalue weighted by atomic mass is 32.1. The third-order valence-corrected chi connectivity index (χ3v) is 5.51. The van der Waals surface area contributed by atoms with Crippen LogP contribution in [0.2, 0.25) is 0 Å². The number of thiazole rings is 1. The lowest BCUT2D eigenvalue weighted by Crippen LogP contribution is -2.37. The van der Waals surface area contributed by atoms with E-state index in [1.165, 1.54) is 6.26 Å². The van der Waals surface area contributed by atoms with Crippen LogP contribution in [0.3, 0.4) is 0 Å². The van der Waals surface area contributed by atoms with Gasteiger partial charge in [-0.05, 0) is 25.0 Å². The minimum absolute atomic E-state index is 0.0325. The van der Waals surface area contributed by atoms with Crippen LogP contribution in [0.5, 0.6) is 0 Å². The molecule has 7 heteroatoms. The van der Waals surface area contributed by atoms with Gasteiger partial charge in [0.1, 0.15) is 0 Å². The molecule has 0 saturated carbocycles. The first-order chi connectivity index (χ1) is 12.2. The predicted octanol–water partition coefficient (Wildman–Crippen LogP) is 2.82. The van der Waals surface area contributed by atoms with E-state index >= 15 is 0 Å². The largest absolute Gasteiger partial charge is 0.459 e. The SMILES string of the molecule is CCC(=O)NCCc1csc(C2CCN(C(=O)c3ccco3)CC2)n1. The van der Waals surface area contributed by atoms with Crippen molar-refractivity contribution in [1.29, 1.82) is 0 Å². The fourth-order valence-electron chi connectivity index (χ4n) is 2.97. The number of rotatable bonds is 6. The second-order valence-corrected chi connectivity index (χ2v) is 7.06. The summed E-state index contributed by atoms with van der Waals surface area (Å²) in [5.41, 5.74) is 1.03. The van der Waals surface area contributed by atoms with Crippen LogP contribution >= 0.6 is 11.3 Å². The summed E-state index contributed by atoms with van der Waals surface area (Å²) in [4.78, 5) is 30.1. The summed E-state index contributed by atoms with van der Waals surface area (Å²) in [6, 6.07) is 3.44. The first-order valence-electron chi connectivity index (χ1n) is 8.71. The first kappa shape index (κ1) is 17.7.